The highest BCUT2D eigenvalue weighted by Gasteiger charge is 2.26. The summed E-state index contributed by atoms with van der Waals surface area (Å²) in [7, 11) is 0. The largest absolute Gasteiger partial charge is 0.375 e. The van der Waals surface area contributed by atoms with Gasteiger partial charge in [0.15, 0.2) is 0 Å². The molecule has 0 aromatic rings. The van der Waals surface area contributed by atoms with Gasteiger partial charge >= 0.3 is 0 Å². The molecule has 0 aromatic heterocycles. The average Bonchev–Trinajstić information content (AvgIpc) is 1.75. The Morgan fingerprint density at radius 3 is 2.09 bits per heavy atom. The zero-order valence-electron chi connectivity index (χ0n) is 8.18. The Morgan fingerprint density at radius 1 is 1.27 bits per heavy atom. The van der Waals surface area contributed by atoms with Crippen LogP contribution in [-0.2, 0) is 4.74 Å². The lowest BCUT2D eigenvalue weighted by molar-refractivity contribution is -0.0856. The van der Waals surface area contributed by atoms with Crippen LogP contribution < -0.4 is 0 Å². The lowest BCUT2D eigenvalue weighted by Crippen LogP contribution is -2.33. The molecule has 0 aromatic carbocycles. The first-order chi connectivity index (χ1) is 5.00. The van der Waals surface area contributed by atoms with Gasteiger partial charge in [-0.1, -0.05) is 20.8 Å². The molecule has 1 nitrogen and oxygen atoms in total. The summed E-state index contributed by atoms with van der Waals surface area (Å²) in [4.78, 5) is 0. The van der Waals surface area contributed by atoms with Crippen LogP contribution in [0.15, 0.2) is 0 Å². The van der Waals surface area contributed by atoms with E-state index in [-0.39, 0.29) is 0 Å². The predicted molar refractivity (Wildman–Crippen MR) is 47.6 cm³/mol. The van der Waals surface area contributed by atoms with Crippen LogP contribution in [-0.4, -0.2) is 12.2 Å². The summed E-state index contributed by atoms with van der Waals surface area (Å²) in [5.74, 6) is 0. The fourth-order valence-corrected chi connectivity index (χ4v) is 1.000. The maximum atomic E-state index is 5.85. The first kappa shape index (κ1) is 9.05. The number of hydrogen-bond donors (Lipinski definition) is 0. The summed E-state index contributed by atoms with van der Waals surface area (Å²) in [5, 5.41) is 0. The van der Waals surface area contributed by atoms with E-state index in [2.05, 4.69) is 27.7 Å². The maximum Gasteiger partial charge on any atom is 0.0599 e. The van der Waals surface area contributed by atoms with Gasteiger partial charge in [-0.3, -0.25) is 0 Å². The molecule has 0 spiro atoms. The first-order valence-electron chi connectivity index (χ1n) is 4.65. The Morgan fingerprint density at radius 2 is 1.82 bits per heavy atom. The highest BCUT2D eigenvalue weighted by molar-refractivity contribution is 4.76. The summed E-state index contributed by atoms with van der Waals surface area (Å²) < 4.78 is 5.85. The van der Waals surface area contributed by atoms with E-state index in [0.29, 0.717) is 17.6 Å². The Bertz CT molecular complexity index is 119. The third kappa shape index (κ3) is 2.48. The molecule has 1 aliphatic rings. The van der Waals surface area contributed by atoms with Crippen LogP contribution in [0.2, 0.25) is 0 Å². The van der Waals surface area contributed by atoms with Gasteiger partial charge in [-0.2, -0.15) is 0 Å². The third-order valence-electron chi connectivity index (χ3n) is 2.67. The monoisotopic (exact) mass is 156 g/mol. The molecular weight excluding hydrogens is 136 g/mol. The van der Waals surface area contributed by atoms with Crippen molar-refractivity contribution in [2.45, 2.75) is 59.2 Å². The van der Waals surface area contributed by atoms with E-state index in [1.807, 2.05) is 0 Å². The molecule has 1 fully saturated rings. The summed E-state index contributed by atoms with van der Waals surface area (Å²) >= 11 is 0. The van der Waals surface area contributed by atoms with Crippen molar-refractivity contribution in [1.82, 2.24) is 0 Å². The van der Waals surface area contributed by atoms with Gasteiger partial charge in [-0.25, -0.2) is 0 Å². The average molecular weight is 156 g/mol. The van der Waals surface area contributed by atoms with E-state index in [0.717, 1.165) is 0 Å². The molecule has 0 radical (unpaired) electrons. The van der Waals surface area contributed by atoms with Gasteiger partial charge in [0, 0.05) is 0 Å². The second-order valence-electron chi connectivity index (χ2n) is 4.70. The van der Waals surface area contributed by atoms with Crippen LogP contribution in [0.5, 0.6) is 0 Å². The lowest BCUT2D eigenvalue weighted by atomic mass is 9.89. The standard InChI is InChI=1S/C10H20O/c1-8(10(2,3)4)11-9-6-5-7-9/h8-9H,5-7H2,1-4H3. The smallest absolute Gasteiger partial charge is 0.0599 e. The van der Waals surface area contributed by atoms with Crippen molar-refractivity contribution in [3.05, 3.63) is 0 Å². The molecule has 0 aliphatic heterocycles. The molecule has 0 bridgehead atoms. The summed E-state index contributed by atoms with van der Waals surface area (Å²) in [6, 6.07) is 0. The molecule has 1 saturated carbocycles. The number of ether oxygens (including phenoxy) is 1. The molecule has 0 heterocycles. The predicted octanol–water partition coefficient (Wildman–Crippen LogP) is 2.99. The van der Waals surface area contributed by atoms with Crippen LogP contribution in [0.1, 0.15) is 47.0 Å². The molecule has 0 N–H and O–H groups in total. The second kappa shape index (κ2) is 3.14. The van der Waals surface area contributed by atoms with Gasteiger partial charge < -0.3 is 4.74 Å². The normalized spacial score (nSPS) is 22.9. The first-order valence-corrected chi connectivity index (χ1v) is 4.65. The molecule has 1 rings (SSSR count). The Labute approximate surface area is 70.1 Å². The highest BCUT2D eigenvalue weighted by Crippen LogP contribution is 2.29. The molecule has 1 heteroatoms. The fraction of sp³-hybridized carbons (Fsp3) is 1.00. The van der Waals surface area contributed by atoms with Crippen LogP contribution in [0.25, 0.3) is 0 Å². The third-order valence-corrected chi connectivity index (χ3v) is 2.67. The van der Waals surface area contributed by atoms with E-state index in [1.54, 1.807) is 0 Å². The summed E-state index contributed by atoms with van der Waals surface area (Å²) in [6.07, 6.45) is 4.89. The van der Waals surface area contributed by atoms with Crippen LogP contribution in [0, 0.1) is 5.41 Å². The Hall–Kier alpha value is -0.0400. The highest BCUT2D eigenvalue weighted by atomic mass is 16.5. The maximum absolute atomic E-state index is 5.85. The number of hydrogen-bond acceptors (Lipinski definition) is 1. The lowest BCUT2D eigenvalue weighted by Gasteiger charge is -2.35. The molecule has 11 heavy (non-hydrogen) atoms. The van der Waals surface area contributed by atoms with Crippen molar-refractivity contribution in [2.75, 3.05) is 0 Å². The van der Waals surface area contributed by atoms with E-state index in [1.165, 1.54) is 19.3 Å². The molecule has 1 aliphatic carbocycles. The van der Waals surface area contributed by atoms with Gasteiger partial charge in [-0.15, -0.1) is 0 Å². The molecule has 1 atom stereocenters. The zero-order chi connectivity index (χ0) is 8.48. The molecule has 66 valence electrons. The Balaban J connectivity index is 2.24. The van der Waals surface area contributed by atoms with Crippen molar-refractivity contribution in [3.63, 3.8) is 0 Å². The SMILES string of the molecule is CC(OC1CCC1)C(C)(C)C. The van der Waals surface area contributed by atoms with Gasteiger partial charge in [0.05, 0.1) is 12.2 Å². The van der Waals surface area contributed by atoms with Crippen molar-refractivity contribution in [3.8, 4) is 0 Å². The summed E-state index contributed by atoms with van der Waals surface area (Å²) in [5.41, 5.74) is 0.301. The molecular formula is C10H20O. The van der Waals surface area contributed by atoms with Crippen molar-refractivity contribution in [1.29, 1.82) is 0 Å². The van der Waals surface area contributed by atoms with Crippen LogP contribution in [0.3, 0.4) is 0 Å². The van der Waals surface area contributed by atoms with Crippen LogP contribution >= 0.6 is 0 Å². The topological polar surface area (TPSA) is 9.23 Å². The van der Waals surface area contributed by atoms with E-state index in [4.69, 9.17) is 4.74 Å². The van der Waals surface area contributed by atoms with Gasteiger partial charge in [0.1, 0.15) is 0 Å². The van der Waals surface area contributed by atoms with Crippen molar-refractivity contribution >= 4 is 0 Å². The second-order valence-corrected chi connectivity index (χ2v) is 4.70. The zero-order valence-corrected chi connectivity index (χ0v) is 8.18. The fourth-order valence-electron chi connectivity index (χ4n) is 1.000. The van der Waals surface area contributed by atoms with E-state index < -0.39 is 0 Å². The van der Waals surface area contributed by atoms with E-state index >= 15 is 0 Å². The van der Waals surface area contributed by atoms with Gasteiger partial charge in [0.2, 0.25) is 0 Å². The minimum atomic E-state index is 0.301. The van der Waals surface area contributed by atoms with Crippen molar-refractivity contribution in [2.24, 2.45) is 5.41 Å². The number of rotatable bonds is 2. The Kier molecular flexibility index (Phi) is 2.58. The quantitative estimate of drug-likeness (QED) is 0.597. The minimum Gasteiger partial charge on any atom is -0.375 e. The van der Waals surface area contributed by atoms with E-state index in [9.17, 15) is 0 Å². The summed E-state index contributed by atoms with van der Waals surface area (Å²) in [6.45, 7) is 8.88. The minimum absolute atomic E-state index is 0.301. The van der Waals surface area contributed by atoms with Crippen molar-refractivity contribution < 1.29 is 4.74 Å². The molecule has 0 amide bonds. The van der Waals surface area contributed by atoms with Gasteiger partial charge in [-0.05, 0) is 31.6 Å². The molecule has 1 unspecified atom stereocenters. The van der Waals surface area contributed by atoms with Crippen LogP contribution in [0.4, 0.5) is 0 Å². The van der Waals surface area contributed by atoms with Gasteiger partial charge in [0.25, 0.3) is 0 Å². The molecule has 0 saturated heterocycles.